The van der Waals surface area contributed by atoms with Gasteiger partial charge in [-0.3, -0.25) is 4.79 Å². The summed E-state index contributed by atoms with van der Waals surface area (Å²) in [5.74, 6) is -1.36. The average Bonchev–Trinajstić information content (AvgIpc) is 2.47. The molecule has 0 atom stereocenters. The van der Waals surface area contributed by atoms with Gasteiger partial charge in [-0.2, -0.15) is 0 Å². The van der Waals surface area contributed by atoms with Gasteiger partial charge >= 0.3 is 5.97 Å². The van der Waals surface area contributed by atoms with E-state index in [-0.39, 0.29) is 22.7 Å². The van der Waals surface area contributed by atoms with E-state index in [1.54, 1.807) is 30.3 Å². The summed E-state index contributed by atoms with van der Waals surface area (Å²) < 4.78 is 0. The van der Waals surface area contributed by atoms with E-state index in [9.17, 15) is 14.7 Å². The highest BCUT2D eigenvalue weighted by atomic mass is 16.4. The molecule has 21 heavy (non-hydrogen) atoms. The van der Waals surface area contributed by atoms with E-state index in [2.05, 4.69) is 0 Å². The van der Waals surface area contributed by atoms with Crippen molar-refractivity contribution in [3.8, 4) is 5.75 Å². The number of phenols is 1. The number of aromatic hydroxyl groups is 1. The summed E-state index contributed by atoms with van der Waals surface area (Å²) >= 11 is 0. The van der Waals surface area contributed by atoms with Crippen molar-refractivity contribution in [2.75, 3.05) is 0 Å². The first-order valence-electron chi connectivity index (χ1n) is 6.33. The number of phenolic OH excluding ortho intramolecular Hbond substituents is 1. The number of carbonyl (C=O) groups is 2. The molecule has 0 spiro atoms. The van der Waals surface area contributed by atoms with Crippen LogP contribution in [0.15, 0.2) is 48.5 Å². The Morgan fingerprint density at radius 2 is 1.71 bits per heavy atom. The van der Waals surface area contributed by atoms with Gasteiger partial charge in [-0.15, -0.1) is 0 Å². The van der Waals surface area contributed by atoms with Crippen LogP contribution >= 0.6 is 0 Å². The van der Waals surface area contributed by atoms with Gasteiger partial charge in [-0.05, 0) is 42.8 Å². The van der Waals surface area contributed by atoms with Crippen LogP contribution in [0.3, 0.4) is 0 Å². The molecule has 0 heterocycles. The zero-order valence-electron chi connectivity index (χ0n) is 11.4. The van der Waals surface area contributed by atoms with E-state index >= 15 is 0 Å². The molecule has 4 heteroatoms. The molecule has 0 radical (unpaired) electrons. The van der Waals surface area contributed by atoms with Crippen LogP contribution < -0.4 is 0 Å². The Labute approximate surface area is 122 Å². The zero-order valence-corrected chi connectivity index (χ0v) is 11.4. The fraction of sp³-hybridized carbons (Fsp3) is 0.0588. The Morgan fingerprint density at radius 3 is 2.33 bits per heavy atom. The maximum atomic E-state index is 12.0. The van der Waals surface area contributed by atoms with Gasteiger partial charge in [0, 0.05) is 0 Å². The van der Waals surface area contributed by atoms with E-state index in [1.807, 2.05) is 6.92 Å². The van der Waals surface area contributed by atoms with Crippen molar-refractivity contribution < 1.29 is 19.8 Å². The van der Waals surface area contributed by atoms with Crippen molar-refractivity contribution in [1.82, 2.24) is 0 Å². The molecule has 4 nitrogen and oxygen atoms in total. The Hall–Kier alpha value is -2.88. The summed E-state index contributed by atoms with van der Waals surface area (Å²) in [6, 6.07) is 11.0. The molecule has 2 aromatic carbocycles. The fourth-order valence-electron chi connectivity index (χ4n) is 1.85. The van der Waals surface area contributed by atoms with Gasteiger partial charge in [-0.1, -0.05) is 29.8 Å². The van der Waals surface area contributed by atoms with E-state index in [0.29, 0.717) is 5.56 Å². The summed E-state index contributed by atoms with van der Waals surface area (Å²) in [5, 5.41) is 18.5. The fourth-order valence-corrected chi connectivity index (χ4v) is 1.85. The van der Waals surface area contributed by atoms with Crippen LogP contribution in [0.25, 0.3) is 6.08 Å². The second-order valence-corrected chi connectivity index (χ2v) is 4.65. The third kappa shape index (κ3) is 3.57. The lowest BCUT2D eigenvalue weighted by atomic mass is 10.0. The molecule has 0 saturated carbocycles. The predicted octanol–water partition coefficient (Wildman–Crippen LogP) is 3.29. The molecule has 0 aromatic heterocycles. The number of allylic oxidation sites excluding steroid dienone is 1. The number of aryl methyl sites for hydroxylation is 1. The largest absolute Gasteiger partial charge is 0.507 e. The third-order valence-corrected chi connectivity index (χ3v) is 3.00. The summed E-state index contributed by atoms with van der Waals surface area (Å²) in [5.41, 5.74) is 2.03. The number of hydrogen-bond acceptors (Lipinski definition) is 3. The number of rotatable bonds is 4. The molecule has 0 saturated heterocycles. The molecule has 2 N–H and O–H groups in total. The summed E-state index contributed by atoms with van der Waals surface area (Å²) in [6.07, 6.45) is 2.93. The molecule has 0 unspecified atom stereocenters. The maximum Gasteiger partial charge on any atom is 0.335 e. The standard InChI is InChI=1S/C17H14O4/c1-11-2-8-15(18)14(10-11)16(19)9-5-12-3-6-13(7-4-12)17(20)21/h2-10,18H,1H3,(H,20,21)/b9-5+. The molecule has 0 amide bonds. The number of carboxylic acid groups (broad SMARTS) is 1. The molecular weight excluding hydrogens is 268 g/mol. The number of carbonyl (C=O) groups excluding carboxylic acids is 1. The molecule has 2 rings (SSSR count). The molecule has 0 aliphatic rings. The van der Waals surface area contributed by atoms with Crippen LogP contribution in [0, 0.1) is 6.92 Å². The number of hydrogen-bond donors (Lipinski definition) is 2. The van der Waals surface area contributed by atoms with E-state index < -0.39 is 5.97 Å². The Bertz CT molecular complexity index is 712. The van der Waals surface area contributed by atoms with Gasteiger partial charge in [0.25, 0.3) is 0 Å². The minimum atomic E-state index is -0.994. The highest BCUT2D eigenvalue weighted by Gasteiger charge is 2.08. The van der Waals surface area contributed by atoms with Gasteiger partial charge in [-0.25, -0.2) is 4.79 Å². The van der Waals surface area contributed by atoms with Crippen LogP contribution in [0.5, 0.6) is 5.75 Å². The Kier molecular flexibility index (Phi) is 4.18. The number of aromatic carboxylic acids is 1. The molecule has 106 valence electrons. The van der Waals surface area contributed by atoms with Crippen molar-refractivity contribution >= 4 is 17.8 Å². The van der Waals surface area contributed by atoms with E-state index in [4.69, 9.17) is 5.11 Å². The number of ketones is 1. The van der Waals surface area contributed by atoms with E-state index in [1.165, 1.54) is 24.3 Å². The summed E-state index contributed by atoms with van der Waals surface area (Å²) in [4.78, 5) is 22.8. The lowest BCUT2D eigenvalue weighted by Gasteiger charge is -2.02. The van der Waals surface area contributed by atoms with Crippen LogP contribution in [-0.4, -0.2) is 22.0 Å². The van der Waals surface area contributed by atoms with Gasteiger partial charge in [0.2, 0.25) is 0 Å². The molecule has 0 fully saturated rings. The van der Waals surface area contributed by atoms with E-state index in [0.717, 1.165) is 5.56 Å². The highest BCUT2D eigenvalue weighted by Crippen LogP contribution is 2.19. The minimum Gasteiger partial charge on any atom is -0.507 e. The number of carboxylic acids is 1. The van der Waals surface area contributed by atoms with Crippen molar-refractivity contribution in [1.29, 1.82) is 0 Å². The highest BCUT2D eigenvalue weighted by molar-refractivity contribution is 6.08. The van der Waals surface area contributed by atoms with Gasteiger partial charge in [0.1, 0.15) is 5.75 Å². The zero-order chi connectivity index (χ0) is 15.4. The van der Waals surface area contributed by atoms with Crippen molar-refractivity contribution in [2.45, 2.75) is 6.92 Å². The first-order chi connectivity index (χ1) is 9.97. The summed E-state index contributed by atoms with van der Waals surface area (Å²) in [7, 11) is 0. The maximum absolute atomic E-state index is 12.0. The van der Waals surface area contributed by atoms with Crippen LogP contribution in [-0.2, 0) is 0 Å². The SMILES string of the molecule is Cc1ccc(O)c(C(=O)/C=C/c2ccc(C(=O)O)cc2)c1. The first kappa shape index (κ1) is 14.5. The smallest absolute Gasteiger partial charge is 0.335 e. The van der Waals surface area contributed by atoms with Crippen molar-refractivity contribution in [3.05, 3.63) is 70.8 Å². The average molecular weight is 282 g/mol. The molecule has 2 aromatic rings. The van der Waals surface area contributed by atoms with Crippen LogP contribution in [0.1, 0.15) is 31.8 Å². The van der Waals surface area contributed by atoms with Gasteiger partial charge < -0.3 is 10.2 Å². The molecule has 0 bridgehead atoms. The Balaban J connectivity index is 2.18. The third-order valence-electron chi connectivity index (χ3n) is 3.00. The first-order valence-corrected chi connectivity index (χ1v) is 6.33. The van der Waals surface area contributed by atoms with Crippen LogP contribution in [0.2, 0.25) is 0 Å². The summed E-state index contributed by atoms with van der Waals surface area (Å²) in [6.45, 7) is 1.84. The van der Waals surface area contributed by atoms with Gasteiger partial charge in [0.05, 0.1) is 11.1 Å². The predicted molar refractivity (Wildman–Crippen MR) is 79.6 cm³/mol. The van der Waals surface area contributed by atoms with Gasteiger partial charge in [0.15, 0.2) is 5.78 Å². The molecule has 0 aliphatic carbocycles. The lowest BCUT2D eigenvalue weighted by molar-refractivity contribution is 0.0696. The second kappa shape index (κ2) is 6.05. The molecular formula is C17H14O4. The topological polar surface area (TPSA) is 74.6 Å². The lowest BCUT2D eigenvalue weighted by Crippen LogP contribution is -1.96. The van der Waals surface area contributed by atoms with Crippen molar-refractivity contribution in [3.63, 3.8) is 0 Å². The normalized spacial score (nSPS) is 10.7. The quantitative estimate of drug-likeness (QED) is 0.666. The second-order valence-electron chi connectivity index (χ2n) is 4.65. The van der Waals surface area contributed by atoms with Crippen LogP contribution in [0.4, 0.5) is 0 Å². The number of benzene rings is 2. The molecule has 0 aliphatic heterocycles. The monoisotopic (exact) mass is 282 g/mol. The van der Waals surface area contributed by atoms with Crippen molar-refractivity contribution in [2.24, 2.45) is 0 Å². The minimum absolute atomic E-state index is 0.0588. The Morgan fingerprint density at radius 1 is 1.05 bits per heavy atom.